The van der Waals surface area contributed by atoms with Crippen molar-refractivity contribution in [3.8, 4) is 0 Å². The van der Waals surface area contributed by atoms with Crippen LogP contribution in [-0.2, 0) is 0 Å². The van der Waals surface area contributed by atoms with Crippen LogP contribution in [-0.4, -0.2) is 4.98 Å². The summed E-state index contributed by atoms with van der Waals surface area (Å²) in [5.41, 5.74) is 7.88. The summed E-state index contributed by atoms with van der Waals surface area (Å²) in [6.07, 6.45) is 2.58. The molecule has 0 aliphatic carbocycles. The van der Waals surface area contributed by atoms with Gasteiger partial charge in [0, 0.05) is 5.39 Å². The van der Waals surface area contributed by atoms with Crippen LogP contribution in [0.15, 0.2) is 49.1 Å². The van der Waals surface area contributed by atoms with E-state index in [1.165, 1.54) is 0 Å². The predicted molar refractivity (Wildman–Crippen MR) is 63.5 cm³/mol. The average molecular weight is 198 g/mol. The number of nitrogens with two attached hydrogens (primary N) is 1. The second kappa shape index (κ2) is 4.24. The van der Waals surface area contributed by atoms with Gasteiger partial charge in [0.2, 0.25) is 0 Å². The molecule has 1 unspecified atom stereocenters. The van der Waals surface area contributed by atoms with Crippen molar-refractivity contribution in [2.24, 2.45) is 5.73 Å². The normalized spacial score (nSPS) is 12.6. The minimum absolute atomic E-state index is 0.0490. The fourth-order valence-electron chi connectivity index (χ4n) is 1.59. The molecule has 0 aliphatic rings. The van der Waals surface area contributed by atoms with E-state index < -0.39 is 0 Å². The second-order valence-corrected chi connectivity index (χ2v) is 3.56. The smallest absolute Gasteiger partial charge is 0.0706 e. The van der Waals surface area contributed by atoms with E-state index in [2.05, 4.69) is 17.6 Å². The molecular formula is C13H14N2. The summed E-state index contributed by atoms with van der Waals surface area (Å²) >= 11 is 0. The van der Waals surface area contributed by atoms with Gasteiger partial charge in [0.25, 0.3) is 0 Å². The number of hydrogen-bond donors (Lipinski definition) is 1. The van der Waals surface area contributed by atoms with Gasteiger partial charge >= 0.3 is 0 Å². The first-order chi connectivity index (χ1) is 7.31. The van der Waals surface area contributed by atoms with Gasteiger partial charge < -0.3 is 5.73 Å². The van der Waals surface area contributed by atoms with Gasteiger partial charge in [-0.2, -0.15) is 0 Å². The maximum absolute atomic E-state index is 5.96. The van der Waals surface area contributed by atoms with E-state index in [-0.39, 0.29) is 6.04 Å². The number of benzene rings is 1. The number of rotatable bonds is 3. The Hall–Kier alpha value is -1.67. The van der Waals surface area contributed by atoms with Crippen LogP contribution < -0.4 is 5.73 Å². The second-order valence-electron chi connectivity index (χ2n) is 3.56. The van der Waals surface area contributed by atoms with E-state index in [9.17, 15) is 0 Å². The topological polar surface area (TPSA) is 38.9 Å². The van der Waals surface area contributed by atoms with Crippen molar-refractivity contribution in [2.45, 2.75) is 12.5 Å². The fourth-order valence-corrected chi connectivity index (χ4v) is 1.59. The Labute approximate surface area is 89.4 Å². The van der Waals surface area contributed by atoms with E-state index >= 15 is 0 Å². The van der Waals surface area contributed by atoms with Gasteiger partial charge in [-0.1, -0.05) is 30.3 Å². The van der Waals surface area contributed by atoms with Gasteiger partial charge in [0.05, 0.1) is 17.3 Å². The van der Waals surface area contributed by atoms with E-state index in [1.54, 1.807) is 0 Å². The molecule has 1 heterocycles. The van der Waals surface area contributed by atoms with Gasteiger partial charge in [-0.15, -0.1) is 6.58 Å². The van der Waals surface area contributed by atoms with Crippen molar-refractivity contribution >= 4 is 10.9 Å². The molecule has 0 radical (unpaired) electrons. The minimum Gasteiger partial charge on any atom is -0.322 e. The lowest BCUT2D eigenvalue weighted by Crippen LogP contribution is -2.10. The van der Waals surface area contributed by atoms with Crippen molar-refractivity contribution < 1.29 is 0 Å². The van der Waals surface area contributed by atoms with Crippen LogP contribution >= 0.6 is 0 Å². The molecule has 2 rings (SSSR count). The van der Waals surface area contributed by atoms with E-state index in [1.807, 2.05) is 36.4 Å². The number of hydrogen-bond acceptors (Lipinski definition) is 2. The maximum atomic E-state index is 5.96. The van der Waals surface area contributed by atoms with Crippen molar-refractivity contribution in [3.63, 3.8) is 0 Å². The lowest BCUT2D eigenvalue weighted by atomic mass is 10.1. The van der Waals surface area contributed by atoms with Crippen LogP contribution in [0.1, 0.15) is 18.2 Å². The molecule has 0 amide bonds. The highest BCUT2D eigenvalue weighted by Gasteiger charge is 2.05. The Morgan fingerprint density at radius 3 is 2.87 bits per heavy atom. The molecule has 15 heavy (non-hydrogen) atoms. The monoisotopic (exact) mass is 198 g/mol. The third-order valence-electron chi connectivity index (χ3n) is 2.42. The van der Waals surface area contributed by atoms with E-state index in [0.29, 0.717) is 0 Å². The van der Waals surface area contributed by atoms with Gasteiger partial charge in [0.15, 0.2) is 0 Å². The Morgan fingerprint density at radius 2 is 2.07 bits per heavy atom. The van der Waals surface area contributed by atoms with Crippen LogP contribution in [0.2, 0.25) is 0 Å². The highest BCUT2D eigenvalue weighted by atomic mass is 14.8. The number of pyridine rings is 1. The Morgan fingerprint density at radius 1 is 1.27 bits per heavy atom. The molecule has 0 aliphatic heterocycles. The lowest BCUT2D eigenvalue weighted by Gasteiger charge is -2.08. The minimum atomic E-state index is -0.0490. The number of nitrogens with zero attached hydrogens (tertiary/aromatic N) is 1. The van der Waals surface area contributed by atoms with Crippen molar-refractivity contribution in [1.29, 1.82) is 0 Å². The SMILES string of the molecule is C=CCC(N)c1ccc2ccccc2n1. The van der Waals surface area contributed by atoms with Gasteiger partial charge in [-0.05, 0) is 18.6 Å². The zero-order valence-corrected chi connectivity index (χ0v) is 8.56. The van der Waals surface area contributed by atoms with Gasteiger partial charge in [0.1, 0.15) is 0 Å². The highest BCUT2D eigenvalue weighted by Crippen LogP contribution is 2.17. The summed E-state index contributed by atoms with van der Waals surface area (Å²) in [6, 6.07) is 12.0. The summed E-state index contributed by atoms with van der Waals surface area (Å²) in [7, 11) is 0. The Balaban J connectivity index is 2.42. The molecule has 76 valence electrons. The summed E-state index contributed by atoms with van der Waals surface area (Å²) in [6.45, 7) is 3.68. The molecule has 1 aromatic heterocycles. The summed E-state index contributed by atoms with van der Waals surface area (Å²) in [5.74, 6) is 0. The highest BCUT2D eigenvalue weighted by molar-refractivity contribution is 5.78. The Kier molecular flexibility index (Phi) is 2.79. The Bertz CT molecular complexity index is 477. The molecule has 0 bridgehead atoms. The molecular weight excluding hydrogens is 184 g/mol. The zero-order chi connectivity index (χ0) is 10.7. The average Bonchev–Trinajstić information content (AvgIpc) is 2.29. The van der Waals surface area contributed by atoms with Crippen LogP contribution in [0.4, 0.5) is 0 Å². The third kappa shape index (κ3) is 2.05. The first-order valence-corrected chi connectivity index (χ1v) is 5.03. The maximum Gasteiger partial charge on any atom is 0.0706 e. The largest absolute Gasteiger partial charge is 0.322 e. The predicted octanol–water partition coefficient (Wildman–Crippen LogP) is 2.81. The molecule has 2 aromatic rings. The van der Waals surface area contributed by atoms with Gasteiger partial charge in [-0.25, -0.2) is 0 Å². The van der Waals surface area contributed by atoms with Crippen LogP contribution in [0.3, 0.4) is 0 Å². The first-order valence-electron chi connectivity index (χ1n) is 5.03. The molecule has 2 nitrogen and oxygen atoms in total. The van der Waals surface area contributed by atoms with Crippen molar-refractivity contribution in [2.75, 3.05) is 0 Å². The standard InChI is InChI=1S/C13H14N2/c1-2-5-11(14)13-9-8-10-6-3-4-7-12(10)15-13/h2-4,6-9,11H,1,5,14H2. The molecule has 0 spiro atoms. The summed E-state index contributed by atoms with van der Waals surface area (Å²) < 4.78 is 0. The van der Waals surface area contributed by atoms with Gasteiger partial charge in [-0.3, -0.25) is 4.98 Å². The first kappa shape index (κ1) is 9.87. The zero-order valence-electron chi connectivity index (χ0n) is 8.56. The van der Waals surface area contributed by atoms with Crippen LogP contribution in [0.25, 0.3) is 10.9 Å². The summed E-state index contributed by atoms with van der Waals surface area (Å²) in [5, 5.41) is 1.15. The molecule has 0 saturated heterocycles. The molecule has 0 fully saturated rings. The molecule has 0 saturated carbocycles. The number of para-hydroxylation sites is 1. The molecule has 1 aromatic carbocycles. The van der Waals surface area contributed by atoms with Crippen molar-refractivity contribution in [1.82, 2.24) is 4.98 Å². The van der Waals surface area contributed by atoms with Crippen molar-refractivity contribution in [3.05, 3.63) is 54.7 Å². The van der Waals surface area contributed by atoms with E-state index in [0.717, 1.165) is 23.0 Å². The van der Waals surface area contributed by atoms with E-state index in [4.69, 9.17) is 5.73 Å². The molecule has 1 atom stereocenters. The van der Waals surface area contributed by atoms with Crippen LogP contribution in [0, 0.1) is 0 Å². The number of aromatic nitrogens is 1. The summed E-state index contributed by atoms with van der Waals surface area (Å²) in [4.78, 5) is 4.52. The van der Waals surface area contributed by atoms with Crippen LogP contribution in [0.5, 0.6) is 0 Å². The quantitative estimate of drug-likeness (QED) is 0.770. The fraction of sp³-hybridized carbons (Fsp3) is 0.154. The lowest BCUT2D eigenvalue weighted by molar-refractivity contribution is 0.718. The molecule has 2 heteroatoms. The third-order valence-corrected chi connectivity index (χ3v) is 2.42. The molecule has 2 N–H and O–H groups in total. The number of fused-ring (bicyclic) bond motifs is 1.